The molecule has 0 spiro atoms. The number of aryl methyl sites for hydroxylation is 4. The van der Waals surface area contributed by atoms with Crippen LogP contribution in [-0.4, -0.2) is 10.2 Å². The van der Waals surface area contributed by atoms with E-state index in [-0.39, 0.29) is 0 Å². The van der Waals surface area contributed by atoms with Gasteiger partial charge in [0.05, 0.1) is 0 Å². The summed E-state index contributed by atoms with van der Waals surface area (Å²) in [6, 6.07) is 12.3. The van der Waals surface area contributed by atoms with Gasteiger partial charge in [0, 0.05) is 9.75 Å². The lowest BCUT2D eigenvalue weighted by Gasteiger charge is -2.07. The molecule has 0 saturated heterocycles. The summed E-state index contributed by atoms with van der Waals surface area (Å²) >= 11 is 1.72. The molecule has 0 radical (unpaired) electrons. The molecule has 0 saturated carbocycles. The number of phenolic OH excluding ortho intramolecular Hbond substituents is 2. The number of phenols is 2. The smallest absolute Gasteiger partial charge is 0.121 e. The molecule has 3 aromatic rings. The van der Waals surface area contributed by atoms with Crippen LogP contribution in [0.4, 0.5) is 0 Å². The summed E-state index contributed by atoms with van der Waals surface area (Å²) in [5, 5.41) is 19.9. The second-order valence-corrected chi connectivity index (χ2v) is 7.16. The molecule has 1 heterocycles. The zero-order valence-corrected chi connectivity index (χ0v) is 14.6. The quantitative estimate of drug-likeness (QED) is 0.632. The van der Waals surface area contributed by atoms with Gasteiger partial charge in [-0.25, -0.2) is 0 Å². The third-order valence-electron chi connectivity index (χ3n) is 4.16. The first kappa shape index (κ1) is 15.6. The number of hydrogen-bond donors (Lipinski definition) is 2. The summed E-state index contributed by atoms with van der Waals surface area (Å²) in [6.07, 6.45) is 0. The molecule has 0 fully saturated rings. The zero-order valence-electron chi connectivity index (χ0n) is 13.8. The van der Waals surface area contributed by atoms with Crippen molar-refractivity contribution in [3.63, 3.8) is 0 Å². The van der Waals surface area contributed by atoms with Crippen molar-refractivity contribution in [3.05, 3.63) is 58.7 Å². The molecule has 0 aliphatic carbocycles. The summed E-state index contributed by atoms with van der Waals surface area (Å²) in [7, 11) is 0. The monoisotopic (exact) mass is 324 g/mol. The van der Waals surface area contributed by atoms with Crippen LogP contribution in [0.15, 0.2) is 36.4 Å². The molecule has 2 N–H and O–H groups in total. The maximum Gasteiger partial charge on any atom is 0.121 e. The highest BCUT2D eigenvalue weighted by atomic mass is 32.1. The first-order chi connectivity index (χ1) is 10.9. The molecule has 3 heteroatoms. The average molecular weight is 324 g/mol. The summed E-state index contributed by atoms with van der Waals surface area (Å²) in [5.41, 5.74) is 5.83. The molecule has 2 aromatic carbocycles. The van der Waals surface area contributed by atoms with Crippen LogP contribution >= 0.6 is 11.3 Å². The Morgan fingerprint density at radius 1 is 0.609 bits per heavy atom. The molecule has 0 atom stereocenters. The fraction of sp³-hybridized carbons (Fsp3) is 0.200. The molecule has 1 aromatic heterocycles. The van der Waals surface area contributed by atoms with Gasteiger partial charge >= 0.3 is 0 Å². The van der Waals surface area contributed by atoms with Crippen molar-refractivity contribution in [3.8, 4) is 32.4 Å². The average Bonchev–Trinajstić information content (AvgIpc) is 2.99. The van der Waals surface area contributed by atoms with E-state index < -0.39 is 0 Å². The molecule has 2 nitrogen and oxygen atoms in total. The van der Waals surface area contributed by atoms with Crippen LogP contribution in [-0.2, 0) is 0 Å². The van der Waals surface area contributed by atoms with Crippen LogP contribution < -0.4 is 0 Å². The minimum absolute atomic E-state index is 0.371. The van der Waals surface area contributed by atoms with E-state index in [1.807, 2.05) is 52.0 Å². The lowest BCUT2D eigenvalue weighted by molar-refractivity contribution is 0.466. The molecule has 0 amide bonds. The number of benzene rings is 2. The van der Waals surface area contributed by atoms with Crippen molar-refractivity contribution in [2.24, 2.45) is 0 Å². The highest BCUT2D eigenvalue weighted by Gasteiger charge is 2.10. The van der Waals surface area contributed by atoms with Crippen molar-refractivity contribution in [2.75, 3.05) is 0 Å². The first-order valence-electron chi connectivity index (χ1n) is 7.58. The van der Waals surface area contributed by atoms with Gasteiger partial charge in [-0.2, -0.15) is 0 Å². The van der Waals surface area contributed by atoms with Crippen LogP contribution in [0.5, 0.6) is 11.5 Å². The SMILES string of the molecule is Cc1cc(-c2ccc(-c3cc(C)c(O)c(C)c3)s2)cc(C)c1O. The van der Waals surface area contributed by atoms with Gasteiger partial charge in [-0.3, -0.25) is 0 Å². The van der Waals surface area contributed by atoms with E-state index in [1.54, 1.807) is 11.3 Å². The molecule has 0 aliphatic rings. The van der Waals surface area contributed by atoms with Crippen LogP contribution in [0.1, 0.15) is 22.3 Å². The summed E-state index contributed by atoms with van der Waals surface area (Å²) < 4.78 is 0. The molecule has 23 heavy (non-hydrogen) atoms. The van der Waals surface area contributed by atoms with Gasteiger partial charge in [-0.15, -0.1) is 11.3 Å². The maximum absolute atomic E-state index is 9.93. The second-order valence-electron chi connectivity index (χ2n) is 6.08. The van der Waals surface area contributed by atoms with Gasteiger partial charge in [-0.1, -0.05) is 0 Å². The van der Waals surface area contributed by atoms with Crippen LogP contribution in [0.2, 0.25) is 0 Å². The normalized spacial score (nSPS) is 11.0. The summed E-state index contributed by atoms with van der Waals surface area (Å²) in [4.78, 5) is 2.35. The van der Waals surface area contributed by atoms with Gasteiger partial charge in [0.25, 0.3) is 0 Å². The standard InChI is InChI=1S/C20H20O2S/c1-11-7-15(8-12(2)19(11)21)17-5-6-18(23-17)16-9-13(3)20(22)14(4)10-16/h5-10,21-22H,1-4H3. The molecular weight excluding hydrogens is 304 g/mol. The Bertz CT molecular complexity index is 772. The largest absolute Gasteiger partial charge is 0.507 e. The maximum atomic E-state index is 9.93. The Balaban J connectivity index is 2.04. The van der Waals surface area contributed by atoms with E-state index in [4.69, 9.17) is 0 Å². The molecular formula is C20H20O2S. The molecule has 0 bridgehead atoms. The van der Waals surface area contributed by atoms with Gasteiger partial charge in [-0.05, 0) is 97.5 Å². The van der Waals surface area contributed by atoms with Crippen molar-refractivity contribution in [2.45, 2.75) is 27.7 Å². The van der Waals surface area contributed by atoms with Crippen LogP contribution in [0, 0.1) is 27.7 Å². The lowest BCUT2D eigenvalue weighted by atomic mass is 10.0. The van der Waals surface area contributed by atoms with E-state index in [9.17, 15) is 10.2 Å². The Kier molecular flexibility index (Phi) is 3.90. The fourth-order valence-corrected chi connectivity index (χ4v) is 3.82. The molecule has 118 valence electrons. The van der Waals surface area contributed by atoms with Gasteiger partial charge in [0.15, 0.2) is 0 Å². The van der Waals surface area contributed by atoms with Gasteiger partial charge in [0.2, 0.25) is 0 Å². The Hall–Kier alpha value is -2.26. The van der Waals surface area contributed by atoms with E-state index in [0.717, 1.165) is 33.4 Å². The minimum Gasteiger partial charge on any atom is -0.507 e. The third-order valence-corrected chi connectivity index (χ3v) is 5.34. The van der Waals surface area contributed by atoms with Crippen molar-refractivity contribution >= 4 is 11.3 Å². The fourth-order valence-electron chi connectivity index (χ4n) is 2.84. The Morgan fingerprint density at radius 2 is 0.913 bits per heavy atom. The van der Waals surface area contributed by atoms with Gasteiger partial charge < -0.3 is 10.2 Å². The molecule has 0 unspecified atom stereocenters. The van der Waals surface area contributed by atoms with Crippen molar-refractivity contribution in [1.82, 2.24) is 0 Å². The van der Waals surface area contributed by atoms with E-state index in [1.165, 1.54) is 9.75 Å². The van der Waals surface area contributed by atoms with Crippen molar-refractivity contribution in [1.29, 1.82) is 0 Å². The summed E-state index contributed by atoms with van der Waals surface area (Å²) in [6.45, 7) is 7.69. The lowest BCUT2D eigenvalue weighted by Crippen LogP contribution is -1.83. The van der Waals surface area contributed by atoms with Crippen LogP contribution in [0.3, 0.4) is 0 Å². The summed E-state index contributed by atoms with van der Waals surface area (Å²) in [5.74, 6) is 0.741. The number of rotatable bonds is 2. The Labute approximate surface area is 140 Å². The first-order valence-corrected chi connectivity index (χ1v) is 8.39. The molecule has 3 rings (SSSR count). The highest BCUT2D eigenvalue weighted by molar-refractivity contribution is 7.18. The topological polar surface area (TPSA) is 40.5 Å². The number of thiophene rings is 1. The number of hydrogen-bond acceptors (Lipinski definition) is 3. The minimum atomic E-state index is 0.371. The van der Waals surface area contributed by atoms with Gasteiger partial charge in [0.1, 0.15) is 11.5 Å². The van der Waals surface area contributed by atoms with Crippen LogP contribution in [0.25, 0.3) is 20.9 Å². The van der Waals surface area contributed by atoms with Crippen molar-refractivity contribution < 1.29 is 10.2 Å². The number of aromatic hydroxyl groups is 2. The van der Waals surface area contributed by atoms with E-state index in [2.05, 4.69) is 12.1 Å². The predicted molar refractivity (Wildman–Crippen MR) is 97.5 cm³/mol. The predicted octanol–water partition coefficient (Wildman–Crippen LogP) is 5.73. The highest BCUT2D eigenvalue weighted by Crippen LogP contribution is 2.38. The van der Waals surface area contributed by atoms with E-state index in [0.29, 0.717) is 11.5 Å². The van der Waals surface area contributed by atoms with E-state index >= 15 is 0 Å². The second kappa shape index (κ2) is 5.74. The zero-order chi connectivity index (χ0) is 16.7. The molecule has 0 aliphatic heterocycles. The third kappa shape index (κ3) is 2.84. The Morgan fingerprint density at radius 3 is 1.22 bits per heavy atom.